The minimum atomic E-state index is -1.60. The molecule has 0 aromatic carbocycles. The van der Waals surface area contributed by atoms with Crippen LogP contribution in [0.5, 0.6) is 0 Å². The number of hydrogen-bond donors (Lipinski definition) is 0. The second kappa shape index (κ2) is 4.25. The standard InChI is InChI=1S/C12H10F2N2O/c1-16-11(5-15)7-4-12(17)8-3-10(14)9(13)2-6(7)8/h6,8-10H,2-4H2/b11-7-. The van der Waals surface area contributed by atoms with Crippen molar-refractivity contribution in [2.24, 2.45) is 11.8 Å². The molecule has 0 bridgehead atoms. The maximum Gasteiger partial charge on any atom is 0.261 e. The van der Waals surface area contributed by atoms with E-state index in [-0.39, 0.29) is 30.7 Å². The number of alkyl halides is 2. The first-order valence-corrected chi connectivity index (χ1v) is 5.40. The fraction of sp³-hybridized carbons (Fsp3) is 0.583. The van der Waals surface area contributed by atoms with Crippen molar-refractivity contribution in [3.05, 3.63) is 22.7 Å². The zero-order chi connectivity index (χ0) is 12.6. The Bertz CT molecular complexity index is 456. The zero-order valence-electron chi connectivity index (χ0n) is 8.99. The molecule has 0 N–H and O–H groups in total. The lowest BCUT2D eigenvalue weighted by Crippen LogP contribution is -2.34. The molecule has 2 saturated carbocycles. The Balaban J connectivity index is 2.37. The summed E-state index contributed by atoms with van der Waals surface area (Å²) >= 11 is 0. The van der Waals surface area contributed by atoms with Gasteiger partial charge in [0, 0.05) is 12.3 Å². The van der Waals surface area contributed by atoms with Crippen LogP contribution in [-0.2, 0) is 4.79 Å². The van der Waals surface area contributed by atoms with Crippen molar-refractivity contribution < 1.29 is 13.6 Å². The molecule has 0 radical (unpaired) electrons. The topological polar surface area (TPSA) is 45.2 Å². The van der Waals surface area contributed by atoms with Gasteiger partial charge in [-0.25, -0.2) is 18.9 Å². The van der Waals surface area contributed by atoms with Crippen LogP contribution in [0.3, 0.4) is 0 Å². The van der Waals surface area contributed by atoms with Gasteiger partial charge >= 0.3 is 0 Å². The molecule has 2 rings (SSSR count). The third-order valence-electron chi connectivity index (χ3n) is 3.58. The fourth-order valence-electron chi connectivity index (χ4n) is 2.73. The Kier molecular flexibility index (Phi) is 2.93. The van der Waals surface area contributed by atoms with E-state index in [2.05, 4.69) is 4.85 Å². The Morgan fingerprint density at radius 1 is 1.35 bits per heavy atom. The maximum absolute atomic E-state index is 13.3. The lowest BCUT2D eigenvalue weighted by atomic mass is 9.78. The van der Waals surface area contributed by atoms with Crippen molar-refractivity contribution in [2.45, 2.75) is 31.6 Å². The second-order valence-corrected chi connectivity index (χ2v) is 4.46. The van der Waals surface area contributed by atoms with Crippen molar-refractivity contribution >= 4 is 5.78 Å². The molecule has 0 aliphatic heterocycles. The molecule has 5 heteroatoms. The molecule has 4 unspecified atom stereocenters. The minimum absolute atomic E-state index is 0.0000463. The number of halogens is 2. The van der Waals surface area contributed by atoms with Crippen molar-refractivity contribution in [1.29, 1.82) is 5.26 Å². The SMILES string of the molecule is [C-]#[N+]/C(C#N)=C1/CC(=O)C2CC(F)C(F)CC12. The van der Waals surface area contributed by atoms with Gasteiger partial charge in [-0.1, -0.05) is 0 Å². The number of fused-ring (bicyclic) bond motifs is 1. The maximum atomic E-state index is 13.3. The number of nitrogens with zero attached hydrogens (tertiary/aromatic N) is 2. The normalized spacial score (nSPS) is 39.2. The molecule has 2 fully saturated rings. The van der Waals surface area contributed by atoms with E-state index >= 15 is 0 Å². The summed E-state index contributed by atoms with van der Waals surface area (Å²) in [5, 5.41) is 8.78. The monoisotopic (exact) mass is 236 g/mol. The highest BCUT2D eigenvalue weighted by molar-refractivity contribution is 5.88. The quantitative estimate of drug-likeness (QED) is 0.478. The Morgan fingerprint density at radius 2 is 1.94 bits per heavy atom. The predicted molar refractivity (Wildman–Crippen MR) is 54.9 cm³/mol. The summed E-state index contributed by atoms with van der Waals surface area (Å²) in [4.78, 5) is 14.7. The Labute approximate surface area is 97.5 Å². The molecule has 0 saturated heterocycles. The molecular formula is C12H10F2N2O. The number of carbonyl (C=O) groups is 1. The van der Waals surface area contributed by atoms with E-state index < -0.39 is 24.2 Å². The first-order valence-electron chi connectivity index (χ1n) is 5.40. The minimum Gasteiger partial charge on any atom is -0.299 e. The number of carbonyl (C=O) groups excluding carboxylic acids is 1. The highest BCUT2D eigenvalue weighted by atomic mass is 19.2. The highest BCUT2D eigenvalue weighted by Crippen LogP contribution is 2.46. The summed E-state index contributed by atoms with van der Waals surface area (Å²) in [6, 6.07) is 1.73. The van der Waals surface area contributed by atoms with Crippen LogP contribution in [0.4, 0.5) is 8.78 Å². The summed E-state index contributed by atoms with van der Waals surface area (Å²) in [5.74, 6) is -1.17. The lowest BCUT2D eigenvalue weighted by molar-refractivity contribution is -0.123. The molecule has 0 amide bonds. The fourth-order valence-corrected chi connectivity index (χ4v) is 2.73. The van der Waals surface area contributed by atoms with E-state index in [4.69, 9.17) is 11.8 Å². The third kappa shape index (κ3) is 1.82. The summed E-state index contributed by atoms with van der Waals surface area (Å²) < 4.78 is 26.5. The van der Waals surface area contributed by atoms with Crippen LogP contribution < -0.4 is 0 Å². The summed E-state index contributed by atoms with van der Waals surface area (Å²) in [6.07, 6.45) is -3.40. The van der Waals surface area contributed by atoms with Crippen LogP contribution in [0.2, 0.25) is 0 Å². The van der Waals surface area contributed by atoms with Gasteiger partial charge in [-0.15, -0.1) is 0 Å². The summed E-state index contributed by atoms with van der Waals surface area (Å²) in [7, 11) is 0. The molecule has 0 aromatic heterocycles. The van der Waals surface area contributed by atoms with Gasteiger partial charge in [-0.3, -0.25) is 4.79 Å². The molecule has 4 atom stereocenters. The van der Waals surface area contributed by atoms with E-state index in [1.807, 2.05) is 0 Å². The second-order valence-electron chi connectivity index (χ2n) is 4.46. The largest absolute Gasteiger partial charge is 0.299 e. The van der Waals surface area contributed by atoms with Crippen LogP contribution in [-0.4, -0.2) is 18.1 Å². The van der Waals surface area contributed by atoms with Crippen molar-refractivity contribution in [2.75, 3.05) is 0 Å². The zero-order valence-corrected chi connectivity index (χ0v) is 8.99. The van der Waals surface area contributed by atoms with Gasteiger partial charge in [0.25, 0.3) is 5.70 Å². The van der Waals surface area contributed by atoms with Crippen LogP contribution in [0.25, 0.3) is 4.85 Å². The van der Waals surface area contributed by atoms with E-state index in [1.165, 1.54) is 0 Å². The molecule has 88 valence electrons. The third-order valence-corrected chi connectivity index (χ3v) is 3.58. The molecule has 0 spiro atoms. The lowest BCUT2D eigenvalue weighted by Gasteiger charge is -2.30. The number of allylic oxidation sites excluding steroid dienone is 2. The number of hydrogen-bond acceptors (Lipinski definition) is 2. The predicted octanol–water partition coefficient (Wildman–Crippen LogP) is 2.36. The average Bonchev–Trinajstić information content (AvgIpc) is 2.60. The van der Waals surface area contributed by atoms with Crippen molar-refractivity contribution in [3.63, 3.8) is 0 Å². The van der Waals surface area contributed by atoms with E-state index in [9.17, 15) is 13.6 Å². The molecule has 2 aliphatic rings. The summed E-state index contributed by atoms with van der Waals surface area (Å²) in [5.41, 5.74) is 0.280. The molecule has 0 aromatic rings. The smallest absolute Gasteiger partial charge is 0.261 e. The molecular weight excluding hydrogens is 226 g/mol. The van der Waals surface area contributed by atoms with Crippen LogP contribution in [0, 0.1) is 29.7 Å². The summed E-state index contributed by atoms with van der Waals surface area (Å²) in [6.45, 7) is 6.85. The number of Topliss-reactive ketones (excluding diaryl/α,β-unsaturated/α-hetero) is 1. The van der Waals surface area contributed by atoms with Gasteiger partial charge < -0.3 is 0 Å². The first-order chi connectivity index (χ1) is 8.08. The van der Waals surface area contributed by atoms with Gasteiger partial charge in [0.2, 0.25) is 0 Å². The number of rotatable bonds is 0. The van der Waals surface area contributed by atoms with E-state index in [0.717, 1.165) is 0 Å². The number of ketones is 1. The van der Waals surface area contributed by atoms with Crippen LogP contribution >= 0.6 is 0 Å². The molecule has 0 heterocycles. The Morgan fingerprint density at radius 3 is 2.47 bits per heavy atom. The van der Waals surface area contributed by atoms with Crippen molar-refractivity contribution in [1.82, 2.24) is 0 Å². The molecule has 17 heavy (non-hydrogen) atoms. The van der Waals surface area contributed by atoms with Gasteiger partial charge in [0.1, 0.15) is 18.1 Å². The van der Waals surface area contributed by atoms with E-state index in [0.29, 0.717) is 5.57 Å². The van der Waals surface area contributed by atoms with Gasteiger partial charge in [0.15, 0.2) is 0 Å². The number of nitriles is 1. The average molecular weight is 236 g/mol. The van der Waals surface area contributed by atoms with Crippen molar-refractivity contribution in [3.8, 4) is 6.07 Å². The highest BCUT2D eigenvalue weighted by Gasteiger charge is 2.47. The van der Waals surface area contributed by atoms with Gasteiger partial charge in [0.05, 0.1) is 12.6 Å². The first kappa shape index (κ1) is 11.7. The molecule has 3 nitrogen and oxygen atoms in total. The van der Waals surface area contributed by atoms with Crippen LogP contribution in [0.1, 0.15) is 19.3 Å². The molecule has 2 aliphatic carbocycles. The Hall–Kier alpha value is -1.75. The van der Waals surface area contributed by atoms with Gasteiger partial charge in [-0.2, -0.15) is 0 Å². The van der Waals surface area contributed by atoms with E-state index in [1.54, 1.807) is 6.07 Å². The van der Waals surface area contributed by atoms with Gasteiger partial charge in [-0.05, 0) is 24.3 Å². The van der Waals surface area contributed by atoms with Crippen LogP contribution in [0.15, 0.2) is 11.3 Å².